The van der Waals surface area contributed by atoms with Gasteiger partial charge in [-0.1, -0.05) is 36.4 Å². The van der Waals surface area contributed by atoms with Crippen molar-refractivity contribution in [3.63, 3.8) is 0 Å². The van der Waals surface area contributed by atoms with Gasteiger partial charge in [0.25, 0.3) is 28.5 Å². The van der Waals surface area contributed by atoms with Gasteiger partial charge in [-0.2, -0.15) is 15.3 Å². The molecule has 24 nitrogen and oxygen atoms in total. The number of oxazole rings is 1. The molecule has 5 N–H and O–H groups in total. The Balaban J connectivity index is 0.000000160. The second-order valence-corrected chi connectivity index (χ2v) is 44.8. The number of piperazine rings is 3. The number of amides is 3. The number of halogens is 9. The molecule has 9 aromatic carbocycles. The van der Waals surface area contributed by atoms with Crippen LogP contribution in [0.4, 0.5) is 32.2 Å². The fourth-order valence-corrected chi connectivity index (χ4v) is 21.2. The van der Waals surface area contributed by atoms with E-state index in [0.29, 0.717) is 47.9 Å². The van der Waals surface area contributed by atoms with Crippen LogP contribution in [0.25, 0.3) is 45.2 Å². The van der Waals surface area contributed by atoms with Crippen LogP contribution in [0.2, 0.25) is 0 Å². The average Bonchev–Trinajstić information content (AvgIpc) is 1.72. The normalized spacial score (nSPS) is 13.8. The molecule has 13 aromatic rings. The van der Waals surface area contributed by atoms with Crippen LogP contribution in [0.3, 0.4) is 0 Å². The summed E-state index contributed by atoms with van der Waals surface area (Å²) in [5, 5.41) is 28.1. The maximum Gasteiger partial charge on any atom is 0.335 e. The zero-order valence-electron chi connectivity index (χ0n) is 69.4. The molecule has 0 atom stereocenters. The van der Waals surface area contributed by atoms with E-state index >= 15 is 0 Å². The van der Waals surface area contributed by atoms with Crippen molar-refractivity contribution in [2.45, 2.75) is 19.6 Å². The number of anilines is 1. The Morgan fingerprint density at radius 1 is 0.417 bits per heavy atom. The largest absolute Gasteiger partial charge is 1.00 e. The number of nitrogens with one attached hydrogen (secondary N) is 1. The number of carbonyl (C=O) groups is 4. The van der Waals surface area contributed by atoms with Crippen molar-refractivity contribution < 1.29 is 73.2 Å². The number of carboxylic acid groups (broad SMARTS) is 1. The Bertz CT molecular complexity index is 6020. The van der Waals surface area contributed by atoms with Crippen molar-refractivity contribution in [3.05, 3.63) is 355 Å². The van der Waals surface area contributed by atoms with Crippen LogP contribution >= 0.6 is 35.0 Å². The second kappa shape index (κ2) is 44.2. The Labute approximate surface area is 750 Å². The molecule has 3 aliphatic heterocycles. The van der Waals surface area contributed by atoms with Crippen LogP contribution in [-0.4, -0.2) is 200 Å². The minimum absolute atomic E-state index is 0. The van der Waals surface area contributed by atoms with Crippen LogP contribution in [0, 0.1) is 34.9 Å². The Morgan fingerprint density at radius 2 is 0.764 bits per heavy atom. The number of quaternary nitrogens is 1. The number of benzene rings is 9. The number of aromatic carboxylic acids is 1. The van der Waals surface area contributed by atoms with Crippen molar-refractivity contribution in [2.24, 2.45) is 0 Å². The monoisotopic (exact) mass is 1900 g/mol. The van der Waals surface area contributed by atoms with Crippen LogP contribution in [0.5, 0.6) is 0 Å². The summed E-state index contributed by atoms with van der Waals surface area (Å²) in [5.74, 6) is -4.59. The van der Waals surface area contributed by atoms with Gasteiger partial charge < -0.3 is 62.4 Å². The molecule has 3 saturated heterocycles. The minimum atomic E-state index is -2.75. The standard InChI is InChI=1S/C25H25F2N5O3.C25H23F2N5O2.C18H15Br2P.C18H12F2N2O3.C7H15N3O.ClH/c1-30-7-9-31(10-8-30)24(34)15-28-25(35)18-4-2-3-17(11-18)16-32-23(33)6-5-22(29-32)19-12-20(26)14-21(27)13-19;1-30-7-9-31(10-8-30)24-15-28-25(34-24)18-4-2-3-17(11-18)16-32-23(33)6-5-22(29-32)19-12-20(26)14-21(27)13-19;19-21(20,16-10-4-1-5-11-16,17-12-6-2-7-13-17)18-14-8-3-9-15-18;19-14-7-13(8-15(20)9-14)16-4-5-17(23)22(21-16)10-11-2-1-3-12(6-11)18(24)25;1-9-2-4-10(5-3-9)7(11)6-8;/h2-6,11-14H,7-10,15-16H2,1H3,(H,28,35);2-6,11-15H,7-10,16H2,1H3;1-15H;1-9H,10H2,(H,24,25);2-6,8H2,1H3;1H. The summed E-state index contributed by atoms with van der Waals surface area (Å²) >= 11 is 8.32. The molecule has 3 amide bonds. The number of hydrogen-bond acceptors (Lipinski definition) is 16. The number of nitrogens with zero attached hydrogens (tertiary/aromatic N) is 13. The molecule has 0 aliphatic carbocycles. The van der Waals surface area contributed by atoms with Crippen LogP contribution in [0.15, 0.2) is 280 Å². The molecule has 127 heavy (non-hydrogen) atoms. The van der Waals surface area contributed by atoms with E-state index in [9.17, 15) is 59.9 Å². The van der Waals surface area contributed by atoms with Crippen molar-refractivity contribution >= 4 is 80.5 Å². The maximum atomic E-state index is 13.6. The summed E-state index contributed by atoms with van der Waals surface area (Å²) in [6.45, 7) is 10.8. The Morgan fingerprint density at radius 3 is 1.14 bits per heavy atom. The molecular formula is C93H91Br2ClF6N15O9P. The number of likely N-dealkylation sites (N-methyl/N-ethyl adjacent to an activating group) is 3. The molecule has 7 heterocycles. The van der Waals surface area contributed by atoms with Gasteiger partial charge in [0.2, 0.25) is 17.7 Å². The van der Waals surface area contributed by atoms with Gasteiger partial charge in [-0.05, 0) is 129 Å². The maximum absolute atomic E-state index is 13.6. The van der Waals surface area contributed by atoms with Crippen LogP contribution < -0.4 is 60.9 Å². The van der Waals surface area contributed by atoms with Crippen LogP contribution in [0.1, 0.15) is 37.4 Å². The smallest absolute Gasteiger partial charge is 0.335 e. The SMILES string of the molecule is BrP(Br)(c1ccccc1)(c1ccccc1)c1ccccc1.CN1CCN(C(=O)CNC(=O)c2cccc(Cn3nc(-c4cc(F)cc(F)c4)ccc3=O)c2)CC1.CN1CCN(C(=O)C[NH3+])CC1.CN1CCN(c2cnc(-c3cccc(Cn4nc(-c5cc(F)cc(F)c5)ccc4=O)c3)o2)CC1.O=C(O)c1cccc(Cn2nc(-c3cc(F)cc(F)c3)ccc2=O)c1.[Cl-]. The van der Waals surface area contributed by atoms with Crippen molar-refractivity contribution in [3.8, 4) is 45.2 Å². The van der Waals surface area contributed by atoms with Gasteiger partial charge >= 0.3 is 148 Å². The summed E-state index contributed by atoms with van der Waals surface area (Å²) in [5.41, 5.74) is 7.09. The molecule has 660 valence electrons. The van der Waals surface area contributed by atoms with E-state index in [4.69, 9.17) is 9.52 Å². The van der Waals surface area contributed by atoms with Gasteiger partial charge in [0.05, 0.1) is 55.0 Å². The van der Waals surface area contributed by atoms with E-state index in [-0.39, 0.29) is 89.6 Å². The van der Waals surface area contributed by atoms with E-state index in [0.717, 1.165) is 134 Å². The first-order chi connectivity index (χ1) is 60.5. The van der Waals surface area contributed by atoms with Gasteiger partial charge in [0, 0.05) is 143 Å². The predicted molar refractivity (Wildman–Crippen MR) is 482 cm³/mol. The van der Waals surface area contributed by atoms with E-state index in [2.05, 4.69) is 187 Å². The van der Waals surface area contributed by atoms with Crippen LogP contribution in [-0.2, 0) is 29.2 Å². The quantitative estimate of drug-likeness (QED) is 0.0505. The number of carboxylic acids is 1. The van der Waals surface area contributed by atoms with E-state index in [1.165, 1.54) is 81.3 Å². The second-order valence-electron chi connectivity index (χ2n) is 30.0. The topological polar surface area (TPSA) is 278 Å². The first-order valence-electron chi connectivity index (χ1n) is 40.2. The molecule has 0 spiro atoms. The summed E-state index contributed by atoms with van der Waals surface area (Å²) in [6.07, 6.45) is 1.74. The molecule has 16 rings (SSSR count). The van der Waals surface area contributed by atoms with E-state index in [1.54, 1.807) is 47.5 Å². The van der Waals surface area contributed by atoms with Crippen molar-refractivity contribution in [1.29, 1.82) is 0 Å². The van der Waals surface area contributed by atoms with E-state index < -0.39 is 61.9 Å². The summed E-state index contributed by atoms with van der Waals surface area (Å²) in [4.78, 5) is 101. The molecule has 34 heteroatoms. The predicted octanol–water partition coefficient (Wildman–Crippen LogP) is 8.46. The molecule has 4 aromatic heterocycles. The number of hydrogen-bond donors (Lipinski definition) is 3. The zero-order chi connectivity index (χ0) is 89.6. The summed E-state index contributed by atoms with van der Waals surface area (Å²) < 4.78 is 88.0. The summed E-state index contributed by atoms with van der Waals surface area (Å²) in [6, 6.07) is 69.3. The first kappa shape index (κ1) is 95.3. The van der Waals surface area contributed by atoms with E-state index in [1.807, 2.05) is 36.2 Å². The molecule has 0 unspecified atom stereocenters. The third-order valence-electron chi connectivity index (χ3n) is 20.9. The fourth-order valence-electron chi connectivity index (χ4n) is 13.9. The molecule has 3 fully saturated rings. The molecule has 0 radical (unpaired) electrons. The number of aromatic nitrogens is 7. The molecule has 0 bridgehead atoms. The van der Waals surface area contributed by atoms with Gasteiger partial charge in [-0.25, -0.2) is 50.2 Å². The third-order valence-corrected chi connectivity index (χ3v) is 31.9. The molecule has 3 aliphatic rings. The average molecular weight is 1900 g/mol. The third kappa shape index (κ3) is 25.7. The van der Waals surface area contributed by atoms with Gasteiger partial charge in [-0.15, -0.1) is 0 Å². The summed E-state index contributed by atoms with van der Waals surface area (Å²) in [7, 11) is 6.17. The number of rotatable bonds is 19. The zero-order valence-corrected chi connectivity index (χ0v) is 74.3. The minimum Gasteiger partial charge on any atom is -1.00 e. The van der Waals surface area contributed by atoms with Crippen molar-refractivity contribution in [2.75, 3.05) is 118 Å². The molecular weight excluding hydrogens is 1810 g/mol. The van der Waals surface area contributed by atoms with Crippen molar-refractivity contribution in [1.82, 2.24) is 64.1 Å². The first-order valence-corrected chi connectivity index (χ1v) is 46.4. The van der Waals surface area contributed by atoms with Gasteiger partial charge in [0.1, 0.15) is 34.9 Å². The van der Waals surface area contributed by atoms with Gasteiger partial charge in [-0.3, -0.25) is 28.8 Å². The van der Waals surface area contributed by atoms with Gasteiger partial charge in [0.15, 0.2) is 6.54 Å². The molecule has 0 saturated carbocycles. The number of carbonyl (C=O) groups excluding carboxylic acids is 3. The Hall–Kier alpha value is -12.4. The fraction of sp³-hybridized carbons (Fsp3) is 0.215. The Kier molecular flexibility index (Phi) is 33.1.